The summed E-state index contributed by atoms with van der Waals surface area (Å²) in [6.45, 7) is 15.0. The van der Waals surface area contributed by atoms with E-state index in [4.69, 9.17) is 4.74 Å². The van der Waals surface area contributed by atoms with Crippen LogP contribution in [0.1, 0.15) is 54.4 Å². The molecular weight excluding hydrogens is 186 g/mol. The quantitative estimate of drug-likeness (QED) is 0.704. The van der Waals surface area contributed by atoms with Gasteiger partial charge in [-0.15, -0.1) is 0 Å². The second-order valence-corrected chi connectivity index (χ2v) is 5.67. The molecule has 0 radical (unpaired) electrons. The third-order valence-corrected chi connectivity index (χ3v) is 2.37. The van der Waals surface area contributed by atoms with Crippen molar-refractivity contribution < 1.29 is 4.74 Å². The molecule has 2 atom stereocenters. The van der Waals surface area contributed by atoms with Gasteiger partial charge in [-0.05, 0) is 40.0 Å². The molecule has 1 N–H and O–H groups in total. The van der Waals surface area contributed by atoms with E-state index in [-0.39, 0.29) is 5.54 Å². The molecule has 0 aromatic heterocycles. The summed E-state index contributed by atoms with van der Waals surface area (Å²) in [5.41, 5.74) is 0.187. The molecule has 92 valence electrons. The molecule has 0 saturated heterocycles. The fraction of sp³-hybridized carbons (Fsp3) is 1.00. The highest BCUT2D eigenvalue weighted by atomic mass is 16.5. The minimum atomic E-state index is 0.187. The summed E-state index contributed by atoms with van der Waals surface area (Å²) in [6, 6.07) is 0. The van der Waals surface area contributed by atoms with Gasteiger partial charge in [-0.25, -0.2) is 0 Å². The predicted octanol–water partition coefficient (Wildman–Crippen LogP) is 3.22. The van der Waals surface area contributed by atoms with Gasteiger partial charge in [-0.3, -0.25) is 0 Å². The lowest BCUT2D eigenvalue weighted by Crippen LogP contribution is -2.41. The van der Waals surface area contributed by atoms with Crippen molar-refractivity contribution in [2.45, 2.75) is 66.0 Å². The summed E-state index contributed by atoms with van der Waals surface area (Å²) >= 11 is 0. The van der Waals surface area contributed by atoms with Crippen molar-refractivity contribution in [1.82, 2.24) is 5.32 Å². The maximum absolute atomic E-state index is 5.79. The SMILES string of the molecule is CCCC(C)COC(C)CNC(C)(C)C. The highest BCUT2D eigenvalue weighted by Crippen LogP contribution is 2.07. The van der Waals surface area contributed by atoms with Crippen LogP contribution in [0.15, 0.2) is 0 Å². The lowest BCUT2D eigenvalue weighted by Gasteiger charge is -2.24. The Bertz CT molecular complexity index is 151. The van der Waals surface area contributed by atoms with E-state index in [1.54, 1.807) is 0 Å². The zero-order valence-electron chi connectivity index (χ0n) is 11.4. The fourth-order valence-electron chi connectivity index (χ4n) is 1.41. The van der Waals surface area contributed by atoms with Crippen LogP contribution >= 0.6 is 0 Å². The van der Waals surface area contributed by atoms with Crippen LogP contribution in [0.4, 0.5) is 0 Å². The highest BCUT2D eigenvalue weighted by molar-refractivity contribution is 4.71. The van der Waals surface area contributed by atoms with E-state index in [9.17, 15) is 0 Å². The molecule has 0 heterocycles. The minimum Gasteiger partial charge on any atom is -0.377 e. The Kier molecular flexibility index (Phi) is 7.20. The van der Waals surface area contributed by atoms with Crippen molar-refractivity contribution >= 4 is 0 Å². The topological polar surface area (TPSA) is 21.3 Å². The van der Waals surface area contributed by atoms with Gasteiger partial charge in [0.1, 0.15) is 0 Å². The van der Waals surface area contributed by atoms with Gasteiger partial charge >= 0.3 is 0 Å². The van der Waals surface area contributed by atoms with Crippen molar-refractivity contribution in [3.8, 4) is 0 Å². The zero-order valence-corrected chi connectivity index (χ0v) is 11.4. The molecule has 2 unspecified atom stereocenters. The number of hydrogen-bond donors (Lipinski definition) is 1. The third-order valence-electron chi connectivity index (χ3n) is 2.37. The molecule has 2 heteroatoms. The minimum absolute atomic E-state index is 0.187. The maximum atomic E-state index is 5.79. The van der Waals surface area contributed by atoms with Crippen LogP contribution in [0.2, 0.25) is 0 Å². The van der Waals surface area contributed by atoms with Gasteiger partial charge in [-0.2, -0.15) is 0 Å². The molecule has 0 aliphatic rings. The Hall–Kier alpha value is -0.0800. The lowest BCUT2D eigenvalue weighted by molar-refractivity contribution is 0.0387. The van der Waals surface area contributed by atoms with Gasteiger partial charge in [0.15, 0.2) is 0 Å². The van der Waals surface area contributed by atoms with E-state index in [0.29, 0.717) is 12.0 Å². The van der Waals surface area contributed by atoms with Crippen molar-refractivity contribution in [1.29, 1.82) is 0 Å². The fourth-order valence-corrected chi connectivity index (χ4v) is 1.41. The normalized spacial score (nSPS) is 16.4. The summed E-state index contributed by atoms with van der Waals surface area (Å²) in [7, 11) is 0. The largest absolute Gasteiger partial charge is 0.377 e. The molecular formula is C13H29NO. The molecule has 0 saturated carbocycles. The van der Waals surface area contributed by atoms with E-state index in [1.165, 1.54) is 12.8 Å². The molecule has 0 rings (SSSR count). The molecule has 0 fully saturated rings. The average Bonchev–Trinajstić information content (AvgIpc) is 2.11. The summed E-state index contributed by atoms with van der Waals surface area (Å²) < 4.78 is 5.79. The van der Waals surface area contributed by atoms with Gasteiger partial charge in [0.05, 0.1) is 6.10 Å². The first-order chi connectivity index (χ1) is 6.85. The Labute approximate surface area is 95.8 Å². The summed E-state index contributed by atoms with van der Waals surface area (Å²) in [5, 5.41) is 3.45. The van der Waals surface area contributed by atoms with Crippen LogP contribution in [0, 0.1) is 5.92 Å². The van der Waals surface area contributed by atoms with Crippen LogP contribution in [-0.4, -0.2) is 24.8 Å². The third kappa shape index (κ3) is 10.2. The van der Waals surface area contributed by atoms with E-state index in [0.717, 1.165) is 13.2 Å². The maximum Gasteiger partial charge on any atom is 0.0671 e. The van der Waals surface area contributed by atoms with Crippen LogP contribution in [0.5, 0.6) is 0 Å². The Morgan fingerprint density at radius 2 is 1.80 bits per heavy atom. The molecule has 0 aromatic rings. The number of nitrogens with one attached hydrogen (secondary N) is 1. The van der Waals surface area contributed by atoms with Crippen LogP contribution in [0.3, 0.4) is 0 Å². The predicted molar refractivity (Wildman–Crippen MR) is 67.2 cm³/mol. The standard InChI is InChI=1S/C13H29NO/c1-7-8-11(2)10-15-12(3)9-14-13(4,5)6/h11-12,14H,7-10H2,1-6H3. The molecule has 0 amide bonds. The van der Waals surface area contributed by atoms with Gasteiger partial charge in [-0.1, -0.05) is 20.3 Å². The van der Waals surface area contributed by atoms with E-state index in [2.05, 4.69) is 46.9 Å². The van der Waals surface area contributed by atoms with Gasteiger partial charge in [0.25, 0.3) is 0 Å². The van der Waals surface area contributed by atoms with Crippen LogP contribution in [0.25, 0.3) is 0 Å². The molecule has 0 aliphatic heterocycles. The first kappa shape index (κ1) is 14.9. The van der Waals surface area contributed by atoms with Crippen molar-refractivity contribution in [2.24, 2.45) is 5.92 Å². The van der Waals surface area contributed by atoms with Crippen molar-refractivity contribution in [2.75, 3.05) is 13.2 Å². The second kappa shape index (κ2) is 7.24. The summed E-state index contributed by atoms with van der Waals surface area (Å²) in [6.07, 6.45) is 2.82. The zero-order chi connectivity index (χ0) is 11.9. The highest BCUT2D eigenvalue weighted by Gasteiger charge is 2.11. The molecule has 0 bridgehead atoms. The van der Waals surface area contributed by atoms with E-state index in [1.807, 2.05) is 0 Å². The number of ether oxygens (including phenoxy) is 1. The first-order valence-electron chi connectivity index (χ1n) is 6.21. The lowest BCUT2D eigenvalue weighted by atomic mass is 10.1. The number of hydrogen-bond acceptors (Lipinski definition) is 2. The Balaban J connectivity index is 3.53. The van der Waals surface area contributed by atoms with E-state index < -0.39 is 0 Å². The molecule has 2 nitrogen and oxygen atoms in total. The molecule has 0 aliphatic carbocycles. The monoisotopic (exact) mass is 215 g/mol. The molecule has 0 aromatic carbocycles. The van der Waals surface area contributed by atoms with E-state index >= 15 is 0 Å². The first-order valence-corrected chi connectivity index (χ1v) is 6.21. The van der Waals surface area contributed by atoms with Crippen molar-refractivity contribution in [3.63, 3.8) is 0 Å². The smallest absolute Gasteiger partial charge is 0.0671 e. The van der Waals surface area contributed by atoms with Crippen molar-refractivity contribution in [3.05, 3.63) is 0 Å². The summed E-state index contributed by atoms with van der Waals surface area (Å²) in [5.74, 6) is 0.687. The Morgan fingerprint density at radius 1 is 1.20 bits per heavy atom. The Morgan fingerprint density at radius 3 is 2.27 bits per heavy atom. The van der Waals surface area contributed by atoms with Gasteiger partial charge < -0.3 is 10.1 Å². The molecule has 0 spiro atoms. The van der Waals surface area contributed by atoms with Crippen LogP contribution in [-0.2, 0) is 4.74 Å². The number of rotatable bonds is 7. The van der Waals surface area contributed by atoms with Gasteiger partial charge in [0.2, 0.25) is 0 Å². The van der Waals surface area contributed by atoms with Gasteiger partial charge in [0, 0.05) is 18.7 Å². The average molecular weight is 215 g/mol. The van der Waals surface area contributed by atoms with Crippen LogP contribution < -0.4 is 5.32 Å². The second-order valence-electron chi connectivity index (χ2n) is 5.67. The summed E-state index contributed by atoms with van der Waals surface area (Å²) in [4.78, 5) is 0. The molecule has 15 heavy (non-hydrogen) atoms.